The molecule has 0 saturated carbocycles. The molecular weight excluding hydrogens is 281 g/mol. The molecule has 0 aliphatic heterocycles. The maximum Gasteiger partial charge on any atom is 0.194 e. The van der Waals surface area contributed by atoms with Gasteiger partial charge in [0.1, 0.15) is 0 Å². The third kappa shape index (κ3) is 2.52. The molecule has 1 nitrogen and oxygen atoms in total. The zero-order chi connectivity index (χ0) is 13.3. The van der Waals surface area contributed by atoms with E-state index in [1.54, 1.807) is 0 Å². The van der Waals surface area contributed by atoms with Crippen LogP contribution in [-0.2, 0) is 0 Å². The Morgan fingerprint density at radius 1 is 0.944 bits per heavy atom. The highest BCUT2D eigenvalue weighted by atomic mass is 35.5. The second kappa shape index (κ2) is 5.04. The fraction of sp³-hybridized carbons (Fsp3) is 0. The largest absolute Gasteiger partial charge is 0.289 e. The van der Waals surface area contributed by atoms with Crippen LogP contribution in [-0.4, -0.2) is 5.78 Å². The molecule has 0 fully saturated rings. The highest BCUT2D eigenvalue weighted by Gasteiger charge is 2.15. The zero-order valence-electron chi connectivity index (χ0n) is 8.88. The molecule has 0 N–H and O–H groups in total. The van der Waals surface area contributed by atoms with Gasteiger partial charge in [0.15, 0.2) is 17.4 Å². The lowest BCUT2D eigenvalue weighted by atomic mass is 10.0. The molecule has 0 atom stereocenters. The van der Waals surface area contributed by atoms with Crippen molar-refractivity contribution in [1.29, 1.82) is 0 Å². The molecule has 2 aromatic rings. The number of hydrogen-bond acceptors (Lipinski definition) is 1. The average Bonchev–Trinajstić information content (AvgIpc) is 2.35. The quantitative estimate of drug-likeness (QED) is 0.743. The highest BCUT2D eigenvalue weighted by molar-refractivity contribution is 6.36. The predicted molar refractivity (Wildman–Crippen MR) is 66.3 cm³/mol. The summed E-state index contributed by atoms with van der Waals surface area (Å²) in [6.45, 7) is 0. The molecule has 0 bridgehead atoms. The second-order valence-corrected chi connectivity index (χ2v) is 4.43. The molecule has 0 aromatic heterocycles. The van der Waals surface area contributed by atoms with Gasteiger partial charge in [-0.2, -0.15) is 0 Å². The molecule has 0 amide bonds. The smallest absolute Gasteiger partial charge is 0.194 e. The molecule has 0 aliphatic carbocycles. The Labute approximate surface area is 112 Å². The number of ketones is 1. The van der Waals surface area contributed by atoms with Crippen molar-refractivity contribution in [2.75, 3.05) is 0 Å². The van der Waals surface area contributed by atoms with Gasteiger partial charge in [0, 0.05) is 16.1 Å². The second-order valence-electron chi connectivity index (χ2n) is 3.58. The van der Waals surface area contributed by atoms with Crippen LogP contribution in [0, 0.1) is 11.6 Å². The van der Waals surface area contributed by atoms with Gasteiger partial charge >= 0.3 is 0 Å². The summed E-state index contributed by atoms with van der Waals surface area (Å²) in [7, 11) is 0. The van der Waals surface area contributed by atoms with E-state index in [9.17, 15) is 13.6 Å². The lowest BCUT2D eigenvalue weighted by Crippen LogP contribution is -2.03. The lowest BCUT2D eigenvalue weighted by molar-refractivity contribution is 0.103. The standard InChI is InChI=1S/C13H6Cl2F2O/c14-8-2-3-10(15)9(6-8)13(18)7-1-4-11(16)12(17)5-7/h1-6H. The van der Waals surface area contributed by atoms with Crippen LogP contribution in [0.25, 0.3) is 0 Å². The number of carbonyl (C=O) groups is 1. The fourth-order valence-corrected chi connectivity index (χ4v) is 1.84. The van der Waals surface area contributed by atoms with Crippen molar-refractivity contribution in [3.05, 3.63) is 69.2 Å². The Morgan fingerprint density at radius 2 is 1.67 bits per heavy atom. The minimum Gasteiger partial charge on any atom is -0.289 e. The van der Waals surface area contributed by atoms with E-state index in [-0.39, 0.29) is 16.1 Å². The normalized spacial score (nSPS) is 10.4. The first-order valence-electron chi connectivity index (χ1n) is 4.94. The van der Waals surface area contributed by atoms with E-state index >= 15 is 0 Å². The van der Waals surface area contributed by atoms with Gasteiger partial charge in [-0.3, -0.25) is 4.79 Å². The minimum absolute atomic E-state index is 0.0121. The van der Waals surface area contributed by atoms with Crippen molar-refractivity contribution in [2.45, 2.75) is 0 Å². The van der Waals surface area contributed by atoms with Gasteiger partial charge in [0.2, 0.25) is 0 Å². The summed E-state index contributed by atoms with van der Waals surface area (Å²) >= 11 is 11.6. The Bertz CT molecular complexity index is 626. The summed E-state index contributed by atoms with van der Waals surface area (Å²) < 4.78 is 25.8. The molecule has 0 aliphatic rings. The SMILES string of the molecule is O=C(c1ccc(F)c(F)c1)c1cc(Cl)ccc1Cl. The molecule has 0 unspecified atom stereocenters. The van der Waals surface area contributed by atoms with Crippen molar-refractivity contribution >= 4 is 29.0 Å². The van der Waals surface area contributed by atoms with Crippen LogP contribution >= 0.6 is 23.2 Å². The minimum atomic E-state index is -1.08. The molecule has 5 heteroatoms. The number of hydrogen-bond donors (Lipinski definition) is 0. The number of halogens is 4. The van der Waals surface area contributed by atoms with Gasteiger partial charge in [-0.05, 0) is 36.4 Å². The molecule has 0 spiro atoms. The van der Waals surface area contributed by atoms with Gasteiger partial charge in [0.25, 0.3) is 0 Å². The molecule has 2 aromatic carbocycles. The first-order valence-corrected chi connectivity index (χ1v) is 5.69. The topological polar surface area (TPSA) is 17.1 Å². The van der Waals surface area contributed by atoms with E-state index in [1.165, 1.54) is 24.3 Å². The first kappa shape index (κ1) is 13.0. The van der Waals surface area contributed by atoms with Crippen LogP contribution in [0.4, 0.5) is 8.78 Å². The predicted octanol–water partition coefficient (Wildman–Crippen LogP) is 4.50. The lowest BCUT2D eigenvalue weighted by Gasteiger charge is -2.04. The van der Waals surface area contributed by atoms with E-state index in [1.807, 2.05) is 0 Å². The van der Waals surface area contributed by atoms with E-state index < -0.39 is 17.4 Å². The first-order chi connectivity index (χ1) is 8.49. The van der Waals surface area contributed by atoms with Crippen molar-refractivity contribution in [2.24, 2.45) is 0 Å². The molecule has 18 heavy (non-hydrogen) atoms. The summed E-state index contributed by atoms with van der Waals surface area (Å²) in [5, 5.41) is 0.541. The fourth-order valence-electron chi connectivity index (χ4n) is 1.46. The molecular formula is C13H6Cl2F2O. The van der Waals surface area contributed by atoms with Gasteiger partial charge in [-0.25, -0.2) is 8.78 Å². The summed E-state index contributed by atoms with van der Waals surface area (Å²) in [5.74, 6) is -2.61. The third-order valence-electron chi connectivity index (χ3n) is 2.35. The van der Waals surface area contributed by atoms with Crippen molar-refractivity contribution in [3.8, 4) is 0 Å². The Kier molecular flexibility index (Phi) is 3.64. The summed E-state index contributed by atoms with van der Waals surface area (Å²) in [6.07, 6.45) is 0. The Hall–Kier alpha value is -1.45. The van der Waals surface area contributed by atoms with Crippen molar-refractivity contribution < 1.29 is 13.6 Å². The van der Waals surface area contributed by atoms with Crippen molar-refractivity contribution in [1.82, 2.24) is 0 Å². The summed E-state index contributed by atoms with van der Waals surface area (Å²) in [4.78, 5) is 12.1. The van der Waals surface area contributed by atoms with Crippen LogP contribution in [0.15, 0.2) is 36.4 Å². The van der Waals surface area contributed by atoms with E-state index in [0.717, 1.165) is 12.1 Å². The molecule has 92 valence electrons. The van der Waals surface area contributed by atoms with Gasteiger partial charge in [-0.15, -0.1) is 0 Å². The van der Waals surface area contributed by atoms with Gasteiger partial charge < -0.3 is 0 Å². The average molecular weight is 287 g/mol. The van der Waals surface area contributed by atoms with E-state index in [0.29, 0.717) is 5.02 Å². The molecule has 0 radical (unpaired) electrons. The van der Waals surface area contributed by atoms with Crippen LogP contribution in [0.2, 0.25) is 10.0 Å². The third-order valence-corrected chi connectivity index (χ3v) is 2.92. The van der Waals surface area contributed by atoms with E-state index in [2.05, 4.69) is 0 Å². The number of benzene rings is 2. The van der Waals surface area contributed by atoms with Crippen LogP contribution in [0.3, 0.4) is 0 Å². The zero-order valence-corrected chi connectivity index (χ0v) is 10.4. The molecule has 2 rings (SSSR count). The van der Waals surface area contributed by atoms with Crippen LogP contribution < -0.4 is 0 Å². The van der Waals surface area contributed by atoms with Gasteiger partial charge in [-0.1, -0.05) is 23.2 Å². The highest BCUT2D eigenvalue weighted by Crippen LogP contribution is 2.24. The maximum absolute atomic E-state index is 13.0. The molecule has 0 saturated heterocycles. The van der Waals surface area contributed by atoms with E-state index in [4.69, 9.17) is 23.2 Å². The maximum atomic E-state index is 13.0. The number of rotatable bonds is 2. The van der Waals surface area contributed by atoms with Crippen molar-refractivity contribution in [3.63, 3.8) is 0 Å². The monoisotopic (exact) mass is 286 g/mol. The number of carbonyl (C=O) groups excluding carboxylic acids is 1. The van der Waals surface area contributed by atoms with Gasteiger partial charge in [0.05, 0.1) is 5.02 Å². The van der Waals surface area contributed by atoms with Crippen LogP contribution in [0.5, 0.6) is 0 Å². The summed E-state index contributed by atoms with van der Waals surface area (Å²) in [6, 6.07) is 7.30. The summed E-state index contributed by atoms with van der Waals surface area (Å²) in [5.41, 5.74) is 0.160. The van der Waals surface area contributed by atoms with Crippen LogP contribution in [0.1, 0.15) is 15.9 Å². The molecule has 0 heterocycles. The Balaban J connectivity index is 2.47. The Morgan fingerprint density at radius 3 is 2.33 bits per heavy atom.